The molecule has 0 saturated heterocycles. The van der Waals surface area contributed by atoms with Crippen molar-refractivity contribution in [3.63, 3.8) is 0 Å². The lowest BCUT2D eigenvalue weighted by Gasteiger charge is -2.21. The SMILES string of the molecule is CCc1ncc(C(=O)Nc2ccccc2C(=O)NC(C)(C)C)s1. The van der Waals surface area contributed by atoms with Crippen LogP contribution < -0.4 is 10.6 Å². The van der Waals surface area contributed by atoms with E-state index in [2.05, 4.69) is 15.6 Å². The van der Waals surface area contributed by atoms with Crippen molar-refractivity contribution < 1.29 is 9.59 Å². The van der Waals surface area contributed by atoms with Crippen molar-refractivity contribution in [1.29, 1.82) is 0 Å². The summed E-state index contributed by atoms with van der Waals surface area (Å²) in [7, 11) is 0. The van der Waals surface area contributed by atoms with Crippen LogP contribution in [0.5, 0.6) is 0 Å². The molecule has 5 nitrogen and oxygen atoms in total. The first-order valence-corrected chi connectivity index (χ1v) is 8.29. The molecule has 2 aromatic rings. The van der Waals surface area contributed by atoms with Gasteiger partial charge in [0.1, 0.15) is 4.88 Å². The summed E-state index contributed by atoms with van der Waals surface area (Å²) in [6, 6.07) is 6.97. The highest BCUT2D eigenvalue weighted by atomic mass is 32.1. The highest BCUT2D eigenvalue weighted by Gasteiger charge is 2.19. The molecule has 0 bridgehead atoms. The zero-order valence-electron chi connectivity index (χ0n) is 13.8. The first kappa shape index (κ1) is 17.1. The summed E-state index contributed by atoms with van der Waals surface area (Å²) >= 11 is 1.36. The predicted molar refractivity (Wildman–Crippen MR) is 93.1 cm³/mol. The number of carbonyl (C=O) groups is 2. The molecule has 2 amide bonds. The molecule has 0 aliphatic heterocycles. The normalized spacial score (nSPS) is 11.1. The number of aromatic nitrogens is 1. The van der Waals surface area contributed by atoms with Crippen molar-refractivity contribution in [3.05, 3.63) is 45.9 Å². The minimum Gasteiger partial charge on any atom is -0.347 e. The van der Waals surface area contributed by atoms with Crippen LogP contribution in [0.4, 0.5) is 5.69 Å². The molecule has 0 unspecified atom stereocenters. The molecule has 0 aliphatic carbocycles. The quantitative estimate of drug-likeness (QED) is 0.901. The fourth-order valence-corrected chi connectivity index (χ4v) is 2.71. The van der Waals surface area contributed by atoms with Crippen LogP contribution in [0.1, 0.15) is 52.7 Å². The lowest BCUT2D eigenvalue weighted by atomic mass is 10.1. The summed E-state index contributed by atoms with van der Waals surface area (Å²) in [4.78, 5) is 29.4. The number of para-hydroxylation sites is 1. The predicted octanol–water partition coefficient (Wildman–Crippen LogP) is 3.49. The fourth-order valence-electron chi connectivity index (χ4n) is 1.96. The number of aryl methyl sites for hydroxylation is 1. The third kappa shape index (κ3) is 4.63. The van der Waals surface area contributed by atoms with Crippen molar-refractivity contribution in [3.8, 4) is 0 Å². The van der Waals surface area contributed by atoms with Crippen LogP contribution in [0, 0.1) is 0 Å². The largest absolute Gasteiger partial charge is 0.347 e. The smallest absolute Gasteiger partial charge is 0.267 e. The van der Waals surface area contributed by atoms with Gasteiger partial charge in [-0.25, -0.2) is 4.98 Å². The van der Waals surface area contributed by atoms with Gasteiger partial charge < -0.3 is 10.6 Å². The van der Waals surface area contributed by atoms with Gasteiger partial charge in [-0.15, -0.1) is 11.3 Å². The van der Waals surface area contributed by atoms with Crippen molar-refractivity contribution in [2.75, 3.05) is 5.32 Å². The number of thiazole rings is 1. The van der Waals surface area contributed by atoms with Gasteiger partial charge in [-0.2, -0.15) is 0 Å². The van der Waals surface area contributed by atoms with Gasteiger partial charge in [0.25, 0.3) is 11.8 Å². The molecular formula is C17H21N3O2S. The second-order valence-electron chi connectivity index (χ2n) is 6.18. The maximum atomic E-state index is 12.4. The Morgan fingerprint density at radius 2 is 1.87 bits per heavy atom. The molecule has 122 valence electrons. The van der Waals surface area contributed by atoms with E-state index >= 15 is 0 Å². The number of carbonyl (C=O) groups excluding carboxylic acids is 2. The fraction of sp³-hybridized carbons (Fsp3) is 0.353. The Morgan fingerprint density at radius 3 is 2.48 bits per heavy atom. The van der Waals surface area contributed by atoms with E-state index in [0.29, 0.717) is 16.1 Å². The second-order valence-corrected chi connectivity index (χ2v) is 7.29. The maximum absolute atomic E-state index is 12.4. The zero-order valence-corrected chi connectivity index (χ0v) is 14.6. The van der Waals surface area contributed by atoms with Crippen LogP contribution in [-0.2, 0) is 6.42 Å². The van der Waals surface area contributed by atoms with Crippen LogP contribution in [-0.4, -0.2) is 22.3 Å². The summed E-state index contributed by atoms with van der Waals surface area (Å²) in [6.45, 7) is 7.73. The number of amides is 2. The van der Waals surface area contributed by atoms with Gasteiger partial charge in [-0.1, -0.05) is 19.1 Å². The monoisotopic (exact) mass is 331 g/mol. The molecular weight excluding hydrogens is 310 g/mol. The van der Waals surface area contributed by atoms with Gasteiger partial charge in [-0.05, 0) is 39.3 Å². The van der Waals surface area contributed by atoms with E-state index in [1.54, 1.807) is 30.5 Å². The Bertz CT molecular complexity index is 717. The number of rotatable bonds is 4. The molecule has 0 fully saturated rings. The van der Waals surface area contributed by atoms with E-state index in [-0.39, 0.29) is 17.4 Å². The summed E-state index contributed by atoms with van der Waals surface area (Å²) in [6.07, 6.45) is 2.36. The van der Waals surface area contributed by atoms with E-state index in [9.17, 15) is 9.59 Å². The molecule has 2 rings (SSSR count). The van der Waals surface area contributed by atoms with E-state index < -0.39 is 0 Å². The molecule has 1 aromatic carbocycles. The third-order valence-electron chi connectivity index (χ3n) is 2.99. The molecule has 1 heterocycles. The van der Waals surface area contributed by atoms with Crippen molar-refractivity contribution in [2.24, 2.45) is 0 Å². The van der Waals surface area contributed by atoms with Crippen molar-refractivity contribution in [1.82, 2.24) is 10.3 Å². The lowest BCUT2D eigenvalue weighted by molar-refractivity contribution is 0.0920. The molecule has 0 aliphatic rings. The van der Waals surface area contributed by atoms with Gasteiger partial charge in [-0.3, -0.25) is 9.59 Å². The van der Waals surface area contributed by atoms with Crippen LogP contribution in [0.15, 0.2) is 30.5 Å². The maximum Gasteiger partial charge on any atom is 0.267 e. The van der Waals surface area contributed by atoms with Crippen molar-refractivity contribution >= 4 is 28.8 Å². The van der Waals surface area contributed by atoms with E-state index in [4.69, 9.17) is 0 Å². The summed E-state index contributed by atoms with van der Waals surface area (Å²) in [5.74, 6) is -0.467. The zero-order chi connectivity index (χ0) is 17.0. The number of anilines is 1. The van der Waals surface area contributed by atoms with E-state index in [0.717, 1.165) is 11.4 Å². The third-order valence-corrected chi connectivity index (χ3v) is 4.13. The highest BCUT2D eigenvalue weighted by molar-refractivity contribution is 7.13. The van der Waals surface area contributed by atoms with Crippen LogP contribution >= 0.6 is 11.3 Å². The molecule has 0 radical (unpaired) electrons. The first-order chi connectivity index (χ1) is 10.8. The van der Waals surface area contributed by atoms with E-state index in [1.165, 1.54) is 11.3 Å². The topological polar surface area (TPSA) is 71.1 Å². The number of hydrogen-bond donors (Lipinski definition) is 2. The Hall–Kier alpha value is -2.21. The number of nitrogens with zero attached hydrogens (tertiary/aromatic N) is 1. The average molecular weight is 331 g/mol. The van der Waals surface area contributed by atoms with Crippen LogP contribution in [0.3, 0.4) is 0 Å². The Balaban J connectivity index is 2.20. The second kappa shape index (κ2) is 6.91. The van der Waals surface area contributed by atoms with E-state index in [1.807, 2.05) is 27.7 Å². The van der Waals surface area contributed by atoms with Crippen LogP contribution in [0.2, 0.25) is 0 Å². The van der Waals surface area contributed by atoms with Gasteiger partial charge in [0.2, 0.25) is 0 Å². The molecule has 0 spiro atoms. The molecule has 1 aromatic heterocycles. The summed E-state index contributed by atoms with van der Waals surface area (Å²) in [5.41, 5.74) is 0.587. The minimum absolute atomic E-state index is 0.216. The number of nitrogens with one attached hydrogen (secondary N) is 2. The molecule has 2 N–H and O–H groups in total. The average Bonchev–Trinajstić information content (AvgIpc) is 2.95. The van der Waals surface area contributed by atoms with Gasteiger partial charge in [0.15, 0.2) is 0 Å². The first-order valence-electron chi connectivity index (χ1n) is 7.47. The van der Waals surface area contributed by atoms with Gasteiger partial charge in [0.05, 0.1) is 22.5 Å². The Kier molecular flexibility index (Phi) is 5.15. The number of benzene rings is 1. The lowest BCUT2D eigenvalue weighted by Crippen LogP contribution is -2.40. The molecule has 6 heteroatoms. The molecule has 23 heavy (non-hydrogen) atoms. The number of hydrogen-bond acceptors (Lipinski definition) is 4. The van der Waals surface area contributed by atoms with Gasteiger partial charge >= 0.3 is 0 Å². The summed E-state index contributed by atoms with van der Waals surface area (Å²) < 4.78 is 0. The minimum atomic E-state index is -0.345. The Labute approximate surface area is 140 Å². The van der Waals surface area contributed by atoms with Crippen LogP contribution in [0.25, 0.3) is 0 Å². The highest BCUT2D eigenvalue weighted by Crippen LogP contribution is 2.19. The molecule has 0 atom stereocenters. The standard InChI is InChI=1S/C17H21N3O2S/c1-5-14-18-10-13(23-14)16(22)19-12-9-7-6-8-11(12)15(21)20-17(2,3)4/h6-10H,5H2,1-4H3,(H,19,22)(H,20,21). The summed E-state index contributed by atoms with van der Waals surface area (Å²) in [5, 5.41) is 6.61. The van der Waals surface area contributed by atoms with Gasteiger partial charge in [0, 0.05) is 5.54 Å². The van der Waals surface area contributed by atoms with Crippen molar-refractivity contribution in [2.45, 2.75) is 39.7 Å². The Morgan fingerprint density at radius 1 is 1.17 bits per heavy atom. The molecule has 0 saturated carbocycles.